The average Bonchev–Trinajstić information content (AvgIpc) is 2.99. The Balaban J connectivity index is 1.85. The third-order valence-electron chi connectivity index (χ3n) is 4.86. The second-order valence-corrected chi connectivity index (χ2v) is 6.27. The Morgan fingerprint density at radius 3 is 2.20 bits per heavy atom. The number of ether oxygens (including phenoxy) is 3. The maximum atomic E-state index is 6.48. The van der Waals surface area contributed by atoms with Crippen molar-refractivity contribution in [2.75, 3.05) is 14.2 Å². The Kier molecular flexibility index (Phi) is 3.72. The minimum atomic E-state index is 0.160. The van der Waals surface area contributed by atoms with Crippen molar-refractivity contribution < 1.29 is 14.2 Å². The largest absolute Gasteiger partial charge is 0.493 e. The van der Waals surface area contributed by atoms with Crippen LogP contribution in [-0.4, -0.2) is 25.7 Å². The van der Waals surface area contributed by atoms with Crippen LogP contribution in [0.2, 0.25) is 0 Å². The summed E-state index contributed by atoms with van der Waals surface area (Å²) in [5.41, 5.74) is 0.160. The minimum absolute atomic E-state index is 0.160. The van der Waals surface area contributed by atoms with Gasteiger partial charge in [0.15, 0.2) is 11.5 Å². The molecule has 0 N–H and O–H groups in total. The molecule has 0 heterocycles. The normalized spacial score (nSPS) is 27.1. The van der Waals surface area contributed by atoms with E-state index in [4.69, 9.17) is 25.8 Å². The number of para-hydroxylation sites is 1. The number of methoxy groups -OCH3 is 2. The van der Waals surface area contributed by atoms with Gasteiger partial charge in [-0.15, -0.1) is 11.6 Å². The fourth-order valence-electron chi connectivity index (χ4n) is 3.61. The molecular weight excluding hydrogens is 276 g/mol. The van der Waals surface area contributed by atoms with E-state index < -0.39 is 0 Å². The van der Waals surface area contributed by atoms with Gasteiger partial charge in [0.25, 0.3) is 0 Å². The number of benzene rings is 1. The van der Waals surface area contributed by atoms with Gasteiger partial charge in [-0.1, -0.05) is 18.9 Å². The van der Waals surface area contributed by atoms with E-state index in [0.29, 0.717) is 5.75 Å². The molecule has 110 valence electrons. The van der Waals surface area contributed by atoms with Crippen LogP contribution in [0.4, 0.5) is 0 Å². The van der Waals surface area contributed by atoms with Gasteiger partial charge >= 0.3 is 0 Å². The highest BCUT2D eigenvalue weighted by molar-refractivity contribution is 6.21. The minimum Gasteiger partial charge on any atom is -0.493 e. The molecule has 1 spiro atoms. The van der Waals surface area contributed by atoms with Crippen molar-refractivity contribution in [2.24, 2.45) is 5.41 Å². The molecule has 0 saturated heterocycles. The average molecular weight is 297 g/mol. The molecule has 2 saturated carbocycles. The lowest BCUT2D eigenvalue weighted by atomic mass is 9.64. The zero-order valence-corrected chi connectivity index (χ0v) is 12.8. The van der Waals surface area contributed by atoms with E-state index in [1.165, 1.54) is 25.7 Å². The zero-order valence-electron chi connectivity index (χ0n) is 12.0. The molecule has 0 aliphatic heterocycles. The van der Waals surface area contributed by atoms with E-state index in [2.05, 4.69) is 0 Å². The Labute approximate surface area is 125 Å². The highest BCUT2D eigenvalue weighted by atomic mass is 35.5. The maximum absolute atomic E-state index is 6.48. The molecule has 0 amide bonds. The number of hydrogen-bond donors (Lipinski definition) is 0. The van der Waals surface area contributed by atoms with E-state index in [9.17, 15) is 0 Å². The molecular formula is C16H21ClO3. The van der Waals surface area contributed by atoms with Crippen molar-refractivity contribution in [2.45, 2.75) is 43.6 Å². The van der Waals surface area contributed by atoms with Gasteiger partial charge in [0, 0.05) is 17.2 Å². The van der Waals surface area contributed by atoms with Gasteiger partial charge in [-0.05, 0) is 25.0 Å². The molecule has 0 bridgehead atoms. The first-order chi connectivity index (χ1) is 9.71. The Morgan fingerprint density at radius 1 is 1.10 bits per heavy atom. The molecule has 2 aliphatic rings. The summed E-state index contributed by atoms with van der Waals surface area (Å²) in [7, 11) is 3.30. The lowest BCUT2D eigenvalue weighted by Gasteiger charge is -2.51. The fraction of sp³-hybridized carbons (Fsp3) is 0.625. The molecule has 2 aliphatic carbocycles. The van der Waals surface area contributed by atoms with E-state index in [1.54, 1.807) is 14.2 Å². The lowest BCUT2D eigenvalue weighted by molar-refractivity contribution is -0.0379. The highest BCUT2D eigenvalue weighted by Gasteiger charge is 2.57. The molecule has 0 aromatic heterocycles. The molecule has 2 unspecified atom stereocenters. The summed E-state index contributed by atoms with van der Waals surface area (Å²) in [6.45, 7) is 0. The Morgan fingerprint density at radius 2 is 1.70 bits per heavy atom. The van der Waals surface area contributed by atoms with Gasteiger partial charge in [0.2, 0.25) is 5.75 Å². The molecule has 0 radical (unpaired) electrons. The van der Waals surface area contributed by atoms with Crippen molar-refractivity contribution in [3.63, 3.8) is 0 Å². The van der Waals surface area contributed by atoms with Gasteiger partial charge in [0.1, 0.15) is 6.10 Å². The highest BCUT2D eigenvalue weighted by Crippen LogP contribution is 2.58. The first-order valence-electron chi connectivity index (χ1n) is 7.23. The van der Waals surface area contributed by atoms with Crippen LogP contribution < -0.4 is 14.2 Å². The van der Waals surface area contributed by atoms with Crippen molar-refractivity contribution >= 4 is 11.6 Å². The van der Waals surface area contributed by atoms with Crippen molar-refractivity contribution in [3.8, 4) is 17.2 Å². The molecule has 3 rings (SSSR count). The van der Waals surface area contributed by atoms with E-state index >= 15 is 0 Å². The molecule has 3 nitrogen and oxygen atoms in total. The standard InChI is InChI=1S/C16H21ClO3/c1-18-11-6-5-7-12(19-2)15(11)20-14-10-13(17)16(14)8-3-4-9-16/h5-7,13-14H,3-4,8-10H2,1-2H3. The lowest BCUT2D eigenvalue weighted by Crippen LogP contribution is -2.55. The summed E-state index contributed by atoms with van der Waals surface area (Å²) < 4.78 is 17.1. The number of hydrogen-bond acceptors (Lipinski definition) is 3. The third-order valence-corrected chi connectivity index (χ3v) is 5.48. The van der Waals surface area contributed by atoms with Gasteiger partial charge in [-0.25, -0.2) is 0 Å². The van der Waals surface area contributed by atoms with Crippen LogP contribution in [0.1, 0.15) is 32.1 Å². The third kappa shape index (κ3) is 2.03. The predicted molar refractivity (Wildman–Crippen MR) is 79.1 cm³/mol. The monoisotopic (exact) mass is 296 g/mol. The molecule has 1 aromatic rings. The van der Waals surface area contributed by atoms with E-state index in [0.717, 1.165) is 17.9 Å². The van der Waals surface area contributed by atoms with Crippen LogP contribution in [0.25, 0.3) is 0 Å². The van der Waals surface area contributed by atoms with Gasteiger partial charge in [-0.3, -0.25) is 0 Å². The molecule has 20 heavy (non-hydrogen) atoms. The van der Waals surface area contributed by atoms with Crippen LogP contribution in [0.15, 0.2) is 18.2 Å². The van der Waals surface area contributed by atoms with E-state index in [1.807, 2.05) is 18.2 Å². The number of halogens is 1. The SMILES string of the molecule is COc1cccc(OC)c1OC1CC(Cl)C12CCCC2. The molecule has 4 heteroatoms. The van der Waals surface area contributed by atoms with Crippen molar-refractivity contribution in [1.29, 1.82) is 0 Å². The summed E-state index contributed by atoms with van der Waals surface area (Å²) in [5, 5.41) is 0.246. The van der Waals surface area contributed by atoms with E-state index in [-0.39, 0.29) is 16.9 Å². The van der Waals surface area contributed by atoms with Gasteiger partial charge in [-0.2, -0.15) is 0 Å². The number of alkyl halides is 1. The second-order valence-electron chi connectivity index (χ2n) is 5.74. The summed E-state index contributed by atoms with van der Waals surface area (Å²) in [5.74, 6) is 2.14. The first-order valence-corrected chi connectivity index (χ1v) is 7.66. The van der Waals surface area contributed by atoms with Crippen molar-refractivity contribution in [1.82, 2.24) is 0 Å². The van der Waals surface area contributed by atoms with Crippen LogP contribution in [0.3, 0.4) is 0 Å². The first kappa shape index (κ1) is 13.9. The number of rotatable bonds is 4. The molecule has 1 aromatic carbocycles. The van der Waals surface area contributed by atoms with Crippen molar-refractivity contribution in [3.05, 3.63) is 18.2 Å². The summed E-state index contributed by atoms with van der Waals surface area (Å²) in [6, 6.07) is 5.70. The predicted octanol–water partition coefficient (Wildman–Crippen LogP) is 4.02. The van der Waals surface area contributed by atoms with Gasteiger partial charge < -0.3 is 14.2 Å². The second kappa shape index (κ2) is 5.36. The Bertz CT molecular complexity index is 460. The van der Waals surface area contributed by atoms with Crippen LogP contribution in [0, 0.1) is 5.41 Å². The van der Waals surface area contributed by atoms with Gasteiger partial charge in [0.05, 0.1) is 14.2 Å². The maximum Gasteiger partial charge on any atom is 0.203 e. The Hall–Kier alpha value is -1.09. The smallest absolute Gasteiger partial charge is 0.203 e. The van der Waals surface area contributed by atoms with Crippen LogP contribution >= 0.6 is 11.6 Å². The zero-order chi connectivity index (χ0) is 14.2. The summed E-state index contributed by atoms with van der Waals surface area (Å²) >= 11 is 6.48. The summed E-state index contributed by atoms with van der Waals surface area (Å²) in [4.78, 5) is 0. The summed E-state index contributed by atoms with van der Waals surface area (Å²) in [6.07, 6.45) is 5.94. The topological polar surface area (TPSA) is 27.7 Å². The van der Waals surface area contributed by atoms with Crippen LogP contribution in [0.5, 0.6) is 17.2 Å². The van der Waals surface area contributed by atoms with Crippen LogP contribution in [-0.2, 0) is 0 Å². The molecule has 2 atom stereocenters. The molecule has 2 fully saturated rings. The fourth-order valence-corrected chi connectivity index (χ4v) is 4.13. The quantitative estimate of drug-likeness (QED) is 0.785.